The van der Waals surface area contributed by atoms with Gasteiger partial charge in [0.25, 0.3) is 0 Å². The number of halogens is 1. The first kappa shape index (κ1) is 14.3. The minimum atomic E-state index is 0.0802. The van der Waals surface area contributed by atoms with E-state index in [1.54, 1.807) is 11.8 Å². The molecule has 0 aliphatic rings. The van der Waals surface area contributed by atoms with Crippen molar-refractivity contribution in [1.82, 2.24) is 0 Å². The monoisotopic (exact) mass is 318 g/mol. The fourth-order valence-electron chi connectivity index (χ4n) is 1.21. The molecule has 0 radical (unpaired) electrons. The van der Waals surface area contributed by atoms with Crippen LogP contribution in [0.15, 0.2) is 32.7 Å². The average molecular weight is 319 g/mol. The maximum atomic E-state index is 8.98. The van der Waals surface area contributed by atoms with Crippen molar-refractivity contribution in [3.63, 3.8) is 0 Å². The van der Waals surface area contributed by atoms with Gasteiger partial charge in [-0.2, -0.15) is 0 Å². The molecule has 0 saturated heterocycles. The normalized spacial score (nSPS) is 13.7. The number of benzene rings is 1. The van der Waals surface area contributed by atoms with Crippen LogP contribution in [0.25, 0.3) is 0 Å². The number of aliphatic hydroxyl groups excluding tert-OH is 1. The van der Waals surface area contributed by atoms with Crippen molar-refractivity contribution in [2.24, 2.45) is 16.8 Å². The van der Waals surface area contributed by atoms with Gasteiger partial charge in [-0.1, -0.05) is 18.1 Å². The molecular formula is C11H15BrN2O2S. The molecule has 0 aliphatic heterocycles. The summed E-state index contributed by atoms with van der Waals surface area (Å²) in [6.07, 6.45) is 0. The van der Waals surface area contributed by atoms with E-state index < -0.39 is 0 Å². The Kier molecular flexibility index (Phi) is 5.80. The molecule has 0 bridgehead atoms. The summed E-state index contributed by atoms with van der Waals surface area (Å²) in [5.74, 6) is 1.06. The molecule has 0 saturated carbocycles. The molecule has 0 heterocycles. The third-order valence-electron chi connectivity index (χ3n) is 2.17. The van der Waals surface area contributed by atoms with Gasteiger partial charge in [0.05, 0.1) is 0 Å². The van der Waals surface area contributed by atoms with Crippen LogP contribution in [0.5, 0.6) is 0 Å². The molecule has 4 N–H and O–H groups in total. The van der Waals surface area contributed by atoms with Crippen molar-refractivity contribution in [2.45, 2.75) is 11.8 Å². The van der Waals surface area contributed by atoms with E-state index in [-0.39, 0.29) is 18.4 Å². The van der Waals surface area contributed by atoms with Crippen LogP contribution in [0, 0.1) is 5.92 Å². The number of rotatable bonds is 5. The second kappa shape index (κ2) is 6.88. The highest BCUT2D eigenvalue weighted by atomic mass is 79.9. The number of nitrogens with two attached hydrogens (primary N) is 1. The van der Waals surface area contributed by atoms with Gasteiger partial charge in [-0.05, 0) is 34.0 Å². The third kappa shape index (κ3) is 3.90. The maximum Gasteiger partial charge on any atom is 0.172 e. The second-order valence-electron chi connectivity index (χ2n) is 3.70. The van der Waals surface area contributed by atoms with Gasteiger partial charge < -0.3 is 16.0 Å². The van der Waals surface area contributed by atoms with E-state index in [4.69, 9.17) is 16.0 Å². The lowest BCUT2D eigenvalue weighted by Gasteiger charge is -2.12. The molecule has 4 nitrogen and oxygen atoms in total. The Bertz CT molecular complexity index is 412. The van der Waals surface area contributed by atoms with Crippen LogP contribution in [0.4, 0.5) is 0 Å². The van der Waals surface area contributed by atoms with Crippen LogP contribution in [0.1, 0.15) is 12.5 Å². The number of hydrogen-bond donors (Lipinski definition) is 3. The Hall–Kier alpha value is -0.720. The van der Waals surface area contributed by atoms with Gasteiger partial charge in [0.15, 0.2) is 5.84 Å². The predicted molar refractivity (Wildman–Crippen MR) is 73.6 cm³/mol. The zero-order valence-corrected chi connectivity index (χ0v) is 11.8. The van der Waals surface area contributed by atoms with E-state index in [1.165, 1.54) is 0 Å². The topological polar surface area (TPSA) is 78.8 Å². The fraction of sp³-hybridized carbons (Fsp3) is 0.364. The van der Waals surface area contributed by atoms with Crippen molar-refractivity contribution in [3.05, 3.63) is 28.2 Å². The molecule has 1 unspecified atom stereocenters. The number of amidine groups is 1. The van der Waals surface area contributed by atoms with Gasteiger partial charge in [-0.3, -0.25) is 0 Å². The summed E-state index contributed by atoms with van der Waals surface area (Å²) in [6, 6.07) is 5.64. The number of aliphatic hydroxyl groups is 1. The van der Waals surface area contributed by atoms with E-state index in [0.29, 0.717) is 5.56 Å². The molecule has 1 aromatic carbocycles. The molecule has 6 heteroatoms. The van der Waals surface area contributed by atoms with Crippen molar-refractivity contribution >= 4 is 33.5 Å². The summed E-state index contributed by atoms with van der Waals surface area (Å²) >= 11 is 4.95. The molecule has 94 valence electrons. The maximum absolute atomic E-state index is 8.98. The molecule has 0 spiro atoms. The Morgan fingerprint density at radius 2 is 2.29 bits per heavy atom. The Morgan fingerprint density at radius 3 is 2.88 bits per heavy atom. The van der Waals surface area contributed by atoms with Gasteiger partial charge in [0, 0.05) is 27.3 Å². The molecule has 0 fully saturated rings. The van der Waals surface area contributed by atoms with Gasteiger partial charge in [0.1, 0.15) is 0 Å². The Balaban J connectivity index is 2.95. The SMILES string of the molecule is CC(CO)CSc1cccc(Br)c1/C(N)=N/O. The highest BCUT2D eigenvalue weighted by molar-refractivity contribution is 9.10. The van der Waals surface area contributed by atoms with E-state index in [0.717, 1.165) is 15.1 Å². The second-order valence-corrected chi connectivity index (χ2v) is 5.61. The van der Waals surface area contributed by atoms with Crippen molar-refractivity contribution in [2.75, 3.05) is 12.4 Å². The first-order chi connectivity index (χ1) is 8.10. The van der Waals surface area contributed by atoms with E-state index in [9.17, 15) is 0 Å². The highest BCUT2D eigenvalue weighted by Gasteiger charge is 2.12. The van der Waals surface area contributed by atoms with Crippen LogP contribution in [0.2, 0.25) is 0 Å². The van der Waals surface area contributed by atoms with Crippen LogP contribution < -0.4 is 5.73 Å². The van der Waals surface area contributed by atoms with E-state index in [2.05, 4.69) is 21.1 Å². The largest absolute Gasteiger partial charge is 0.409 e. The predicted octanol–water partition coefficient (Wildman–Crippen LogP) is 2.26. The number of thioether (sulfide) groups is 1. The average Bonchev–Trinajstić information content (AvgIpc) is 2.35. The number of oxime groups is 1. The third-order valence-corrected chi connectivity index (χ3v) is 4.22. The highest BCUT2D eigenvalue weighted by Crippen LogP contribution is 2.29. The summed E-state index contributed by atoms with van der Waals surface area (Å²) in [4.78, 5) is 0.926. The summed E-state index contributed by atoms with van der Waals surface area (Å²) in [5, 5.41) is 20.8. The number of nitrogens with zero attached hydrogens (tertiary/aromatic N) is 1. The minimum Gasteiger partial charge on any atom is -0.409 e. The molecular weight excluding hydrogens is 304 g/mol. The van der Waals surface area contributed by atoms with Crippen molar-refractivity contribution in [3.8, 4) is 0 Å². The van der Waals surface area contributed by atoms with E-state index >= 15 is 0 Å². The van der Waals surface area contributed by atoms with Gasteiger partial charge in [-0.15, -0.1) is 11.8 Å². The Labute approximate surface area is 113 Å². The fourth-order valence-corrected chi connectivity index (χ4v) is 3.01. The van der Waals surface area contributed by atoms with Gasteiger partial charge in [0.2, 0.25) is 0 Å². The molecule has 0 aromatic heterocycles. The van der Waals surface area contributed by atoms with Crippen LogP contribution in [0.3, 0.4) is 0 Å². The lowest BCUT2D eigenvalue weighted by Crippen LogP contribution is -2.15. The first-order valence-corrected chi connectivity index (χ1v) is 6.88. The van der Waals surface area contributed by atoms with Crippen molar-refractivity contribution in [1.29, 1.82) is 0 Å². The standard InChI is InChI=1S/C11H15BrN2O2S/c1-7(5-15)6-17-9-4-2-3-8(12)10(9)11(13)14-16/h2-4,7,15-16H,5-6H2,1H3,(H2,13,14). The van der Waals surface area contributed by atoms with Crippen LogP contribution in [-0.4, -0.2) is 28.5 Å². The van der Waals surface area contributed by atoms with Gasteiger partial charge >= 0.3 is 0 Å². The molecule has 0 aliphatic carbocycles. The molecule has 17 heavy (non-hydrogen) atoms. The smallest absolute Gasteiger partial charge is 0.172 e. The zero-order chi connectivity index (χ0) is 12.8. The molecule has 1 rings (SSSR count). The molecule has 0 amide bonds. The summed E-state index contributed by atoms with van der Waals surface area (Å²) in [6.45, 7) is 2.12. The van der Waals surface area contributed by atoms with Crippen LogP contribution in [-0.2, 0) is 0 Å². The lowest BCUT2D eigenvalue weighted by atomic mass is 10.2. The minimum absolute atomic E-state index is 0.0802. The number of hydrogen-bond acceptors (Lipinski definition) is 4. The summed E-state index contributed by atoms with van der Waals surface area (Å²) in [5.41, 5.74) is 6.33. The Morgan fingerprint density at radius 1 is 1.59 bits per heavy atom. The van der Waals surface area contributed by atoms with Crippen LogP contribution >= 0.6 is 27.7 Å². The summed E-state index contributed by atoms with van der Waals surface area (Å²) in [7, 11) is 0. The molecule has 1 aromatic rings. The first-order valence-electron chi connectivity index (χ1n) is 5.10. The molecule has 1 atom stereocenters. The zero-order valence-electron chi connectivity index (χ0n) is 9.43. The summed E-state index contributed by atoms with van der Waals surface area (Å²) < 4.78 is 0.787. The lowest BCUT2D eigenvalue weighted by molar-refractivity contribution is 0.250. The quantitative estimate of drug-likeness (QED) is 0.256. The van der Waals surface area contributed by atoms with E-state index in [1.807, 2.05) is 25.1 Å². The van der Waals surface area contributed by atoms with Crippen molar-refractivity contribution < 1.29 is 10.3 Å². The van der Waals surface area contributed by atoms with Gasteiger partial charge in [-0.25, -0.2) is 0 Å².